The molecule has 1 rings (SSSR count). The highest BCUT2D eigenvalue weighted by Crippen LogP contribution is 1.96. The number of aryl methyl sites for hydroxylation is 1. The molecule has 0 spiro atoms. The number of aliphatic carboxylic acids is 1. The van der Waals surface area contributed by atoms with Crippen molar-refractivity contribution in [1.29, 1.82) is 0 Å². The van der Waals surface area contributed by atoms with Crippen molar-refractivity contribution in [2.24, 2.45) is 0 Å². The highest BCUT2D eigenvalue weighted by molar-refractivity contribution is 5.76. The van der Waals surface area contributed by atoms with Crippen molar-refractivity contribution in [3.63, 3.8) is 0 Å². The maximum atomic E-state index is 11.6. The van der Waals surface area contributed by atoms with Crippen LogP contribution in [0.5, 0.6) is 0 Å². The molecule has 0 aromatic carbocycles. The van der Waals surface area contributed by atoms with Crippen molar-refractivity contribution in [3.05, 3.63) is 34.7 Å². The van der Waals surface area contributed by atoms with Gasteiger partial charge in [0.2, 0.25) is 5.91 Å². The number of carbonyl (C=O) groups is 2. The smallest absolute Gasteiger partial charge is 0.306 e. The zero-order valence-corrected chi connectivity index (χ0v) is 11.2. The number of amides is 1. The molecule has 110 valence electrons. The Labute approximate surface area is 116 Å². The van der Waals surface area contributed by atoms with Gasteiger partial charge in [-0.1, -0.05) is 6.07 Å². The number of carboxylic acids is 1. The molecule has 0 saturated carbocycles. The molecule has 0 aliphatic rings. The lowest BCUT2D eigenvalue weighted by atomic mass is 10.2. The summed E-state index contributed by atoms with van der Waals surface area (Å²) >= 11 is 0. The van der Waals surface area contributed by atoms with E-state index in [-0.39, 0.29) is 37.4 Å². The van der Waals surface area contributed by atoms with E-state index in [4.69, 9.17) is 9.84 Å². The van der Waals surface area contributed by atoms with Crippen LogP contribution in [-0.4, -0.2) is 41.3 Å². The number of carbonyl (C=O) groups excluding carboxylic acids is 1. The predicted octanol–water partition coefficient (Wildman–Crippen LogP) is -0.156. The Hall–Kier alpha value is -2.15. The number of methoxy groups -OCH3 is 1. The van der Waals surface area contributed by atoms with Gasteiger partial charge in [-0.15, -0.1) is 0 Å². The Kier molecular flexibility index (Phi) is 6.45. The minimum Gasteiger partial charge on any atom is -0.481 e. The summed E-state index contributed by atoms with van der Waals surface area (Å²) in [7, 11) is 1.39. The van der Waals surface area contributed by atoms with Crippen LogP contribution in [0.2, 0.25) is 0 Å². The molecule has 0 bridgehead atoms. The lowest BCUT2D eigenvalue weighted by Crippen LogP contribution is -2.35. The summed E-state index contributed by atoms with van der Waals surface area (Å²) in [4.78, 5) is 33.5. The van der Waals surface area contributed by atoms with Gasteiger partial charge in [-0.25, -0.2) is 0 Å². The monoisotopic (exact) mass is 282 g/mol. The van der Waals surface area contributed by atoms with E-state index in [9.17, 15) is 14.4 Å². The Morgan fingerprint density at radius 3 is 2.80 bits per heavy atom. The summed E-state index contributed by atoms with van der Waals surface area (Å²) in [5.74, 6) is -1.24. The lowest BCUT2D eigenvalue weighted by Gasteiger charge is -2.14. The molecular formula is C13H18N2O5. The molecule has 0 aliphatic carbocycles. The van der Waals surface area contributed by atoms with E-state index in [2.05, 4.69) is 5.32 Å². The van der Waals surface area contributed by atoms with Crippen LogP contribution in [0.4, 0.5) is 0 Å². The van der Waals surface area contributed by atoms with Crippen molar-refractivity contribution in [2.45, 2.75) is 25.5 Å². The maximum Gasteiger partial charge on any atom is 0.306 e. The Morgan fingerprint density at radius 2 is 2.20 bits per heavy atom. The highest BCUT2D eigenvalue weighted by Gasteiger charge is 2.13. The minimum absolute atomic E-state index is 0.130. The second kappa shape index (κ2) is 8.11. The normalized spacial score (nSPS) is 11.8. The van der Waals surface area contributed by atoms with Crippen LogP contribution in [0.1, 0.15) is 12.8 Å². The number of aromatic nitrogens is 1. The largest absolute Gasteiger partial charge is 0.481 e. The van der Waals surface area contributed by atoms with Crippen LogP contribution in [0.3, 0.4) is 0 Å². The summed E-state index contributed by atoms with van der Waals surface area (Å²) < 4.78 is 6.38. The van der Waals surface area contributed by atoms with Crippen LogP contribution in [0.25, 0.3) is 0 Å². The summed E-state index contributed by atoms with van der Waals surface area (Å²) in [6.07, 6.45) is 1.02. The number of nitrogens with one attached hydrogen (secondary N) is 1. The average molecular weight is 282 g/mol. The zero-order chi connectivity index (χ0) is 15.0. The van der Waals surface area contributed by atoms with Gasteiger partial charge in [0.15, 0.2) is 0 Å². The first-order valence-electron chi connectivity index (χ1n) is 6.19. The predicted molar refractivity (Wildman–Crippen MR) is 71.4 cm³/mol. The number of rotatable bonds is 8. The second-order valence-corrected chi connectivity index (χ2v) is 4.24. The lowest BCUT2D eigenvalue weighted by molar-refractivity contribution is -0.140. The molecule has 1 aromatic rings. The number of nitrogens with zero attached hydrogens (tertiary/aromatic N) is 1. The second-order valence-electron chi connectivity index (χ2n) is 4.24. The molecule has 7 nitrogen and oxygen atoms in total. The SMILES string of the molecule is COC(CNC(=O)CCn1ccccc1=O)CC(=O)O. The highest BCUT2D eigenvalue weighted by atomic mass is 16.5. The fourth-order valence-corrected chi connectivity index (χ4v) is 1.62. The third-order valence-corrected chi connectivity index (χ3v) is 2.74. The quantitative estimate of drug-likeness (QED) is 0.690. The standard InChI is InChI=1S/C13H18N2O5/c1-20-10(8-13(18)19)9-14-11(16)5-7-15-6-3-2-4-12(15)17/h2-4,6,10H,5,7-9H2,1H3,(H,14,16)(H,18,19). The molecule has 1 atom stereocenters. The molecule has 20 heavy (non-hydrogen) atoms. The first-order valence-corrected chi connectivity index (χ1v) is 6.19. The third kappa shape index (κ3) is 5.66. The van der Waals surface area contributed by atoms with Gasteiger partial charge in [0.05, 0.1) is 12.5 Å². The van der Waals surface area contributed by atoms with Crippen molar-refractivity contribution in [2.75, 3.05) is 13.7 Å². The van der Waals surface area contributed by atoms with E-state index in [0.717, 1.165) is 0 Å². The van der Waals surface area contributed by atoms with E-state index in [1.54, 1.807) is 18.3 Å². The Bertz CT molecular complexity index is 511. The first kappa shape index (κ1) is 15.9. The van der Waals surface area contributed by atoms with E-state index < -0.39 is 12.1 Å². The fourth-order valence-electron chi connectivity index (χ4n) is 1.62. The van der Waals surface area contributed by atoms with Crippen LogP contribution in [0.15, 0.2) is 29.2 Å². The summed E-state index contributed by atoms with van der Waals surface area (Å²) in [5, 5.41) is 11.2. The van der Waals surface area contributed by atoms with Crippen LogP contribution in [-0.2, 0) is 20.9 Å². The number of carboxylic acid groups (broad SMARTS) is 1. The van der Waals surface area contributed by atoms with Crippen molar-refractivity contribution in [1.82, 2.24) is 9.88 Å². The van der Waals surface area contributed by atoms with Crippen LogP contribution >= 0.6 is 0 Å². The van der Waals surface area contributed by atoms with Crippen molar-refractivity contribution >= 4 is 11.9 Å². The molecule has 1 heterocycles. The fraction of sp³-hybridized carbons (Fsp3) is 0.462. The van der Waals surface area contributed by atoms with Gasteiger partial charge in [0, 0.05) is 38.9 Å². The molecule has 0 fully saturated rings. The molecule has 0 aliphatic heterocycles. The number of hydrogen-bond acceptors (Lipinski definition) is 4. The van der Waals surface area contributed by atoms with E-state index in [1.807, 2.05) is 0 Å². The Balaban J connectivity index is 2.35. The minimum atomic E-state index is -0.984. The molecule has 1 aromatic heterocycles. The van der Waals surface area contributed by atoms with Crippen LogP contribution < -0.4 is 10.9 Å². The van der Waals surface area contributed by atoms with Gasteiger partial charge < -0.3 is 19.7 Å². The summed E-state index contributed by atoms with van der Waals surface area (Å²) in [5.41, 5.74) is -0.166. The molecule has 0 saturated heterocycles. The molecular weight excluding hydrogens is 264 g/mol. The maximum absolute atomic E-state index is 11.6. The summed E-state index contributed by atoms with van der Waals surface area (Å²) in [6, 6.07) is 4.77. The number of pyridine rings is 1. The van der Waals surface area contributed by atoms with Gasteiger partial charge in [0.1, 0.15) is 0 Å². The van der Waals surface area contributed by atoms with E-state index in [1.165, 1.54) is 17.7 Å². The molecule has 1 unspecified atom stereocenters. The zero-order valence-electron chi connectivity index (χ0n) is 11.2. The first-order chi connectivity index (χ1) is 9.52. The van der Waals surface area contributed by atoms with Gasteiger partial charge in [0.25, 0.3) is 5.56 Å². The van der Waals surface area contributed by atoms with Gasteiger partial charge >= 0.3 is 5.97 Å². The number of hydrogen-bond donors (Lipinski definition) is 2. The average Bonchev–Trinajstić information content (AvgIpc) is 2.42. The Morgan fingerprint density at radius 1 is 1.45 bits per heavy atom. The third-order valence-electron chi connectivity index (χ3n) is 2.74. The summed E-state index contributed by atoms with van der Waals surface area (Å²) in [6.45, 7) is 0.410. The van der Waals surface area contributed by atoms with E-state index in [0.29, 0.717) is 0 Å². The van der Waals surface area contributed by atoms with Gasteiger partial charge in [-0.2, -0.15) is 0 Å². The van der Waals surface area contributed by atoms with E-state index >= 15 is 0 Å². The molecule has 2 N–H and O–H groups in total. The molecule has 1 amide bonds. The van der Waals surface area contributed by atoms with Crippen LogP contribution in [0, 0.1) is 0 Å². The molecule has 0 radical (unpaired) electrons. The van der Waals surface area contributed by atoms with Gasteiger partial charge in [-0.3, -0.25) is 14.4 Å². The van der Waals surface area contributed by atoms with Crippen molar-refractivity contribution in [3.8, 4) is 0 Å². The molecule has 7 heteroatoms. The topological polar surface area (TPSA) is 97.6 Å². The van der Waals surface area contributed by atoms with Crippen molar-refractivity contribution < 1.29 is 19.4 Å². The van der Waals surface area contributed by atoms with Gasteiger partial charge in [-0.05, 0) is 6.07 Å². The number of ether oxygens (including phenoxy) is 1.